The Labute approximate surface area is 159 Å². The van der Waals surface area contributed by atoms with E-state index in [0.717, 1.165) is 17.8 Å². The van der Waals surface area contributed by atoms with Crippen LogP contribution in [0.3, 0.4) is 0 Å². The molecule has 0 fully saturated rings. The fourth-order valence-electron chi connectivity index (χ4n) is 3.39. The first-order chi connectivity index (χ1) is 12.8. The van der Waals surface area contributed by atoms with E-state index in [2.05, 4.69) is 33.6 Å². The lowest BCUT2D eigenvalue weighted by Gasteiger charge is -2.24. The molecule has 2 N–H and O–H groups in total. The molecule has 146 valence electrons. The third kappa shape index (κ3) is 5.07. The first-order valence-electron chi connectivity index (χ1n) is 9.39. The molecule has 2 amide bonds. The lowest BCUT2D eigenvalue weighted by molar-refractivity contribution is -0.437. The standard InChI is InChI=1S/C20H27N3O4/c1-20(2,3)27-19(25)22-16-12-14-13-23(17-7-5-4-6-15(14)17)9-11-26-10-8-21-18(16)24/h4-7,13-14,16H,8-12H2,1-3H3,(H-,21,22,24,25)/p+1/t14?,16-/m0/s1. The molecular formula is C20H28N3O4+. The number of amides is 2. The van der Waals surface area contributed by atoms with Crippen LogP contribution in [0.15, 0.2) is 24.3 Å². The van der Waals surface area contributed by atoms with E-state index >= 15 is 0 Å². The Bertz CT molecular complexity index is 739. The number of alkyl carbamates (subject to hydrolysis) is 1. The van der Waals surface area contributed by atoms with Crippen LogP contribution < -0.4 is 10.6 Å². The number of para-hydroxylation sites is 1. The average molecular weight is 374 g/mol. The van der Waals surface area contributed by atoms with E-state index in [9.17, 15) is 9.59 Å². The van der Waals surface area contributed by atoms with Crippen LogP contribution in [0.25, 0.3) is 0 Å². The number of carbonyl (C=O) groups is 2. The smallest absolute Gasteiger partial charge is 0.408 e. The number of rotatable bonds is 1. The first-order valence-corrected chi connectivity index (χ1v) is 9.39. The summed E-state index contributed by atoms with van der Waals surface area (Å²) in [6, 6.07) is 7.45. The topological polar surface area (TPSA) is 79.7 Å². The second-order valence-corrected chi connectivity index (χ2v) is 7.85. The van der Waals surface area contributed by atoms with Crippen LogP contribution in [0.5, 0.6) is 0 Å². The van der Waals surface area contributed by atoms with Crippen molar-refractivity contribution < 1.29 is 23.6 Å². The zero-order valence-electron chi connectivity index (χ0n) is 16.2. The minimum Gasteiger partial charge on any atom is -0.444 e. The third-order valence-electron chi connectivity index (χ3n) is 4.52. The van der Waals surface area contributed by atoms with Crippen LogP contribution in [0.1, 0.15) is 38.7 Å². The molecule has 2 heterocycles. The molecule has 1 aromatic rings. The van der Waals surface area contributed by atoms with Crippen molar-refractivity contribution >= 4 is 23.9 Å². The van der Waals surface area contributed by atoms with E-state index in [-0.39, 0.29) is 11.8 Å². The highest BCUT2D eigenvalue weighted by atomic mass is 16.6. The number of ether oxygens (including phenoxy) is 2. The van der Waals surface area contributed by atoms with Crippen LogP contribution in [-0.4, -0.2) is 60.7 Å². The van der Waals surface area contributed by atoms with Gasteiger partial charge in [0.05, 0.1) is 12.5 Å². The van der Waals surface area contributed by atoms with Gasteiger partial charge < -0.3 is 20.1 Å². The number of hydrogen-bond donors (Lipinski definition) is 2. The summed E-state index contributed by atoms with van der Waals surface area (Å²) in [7, 11) is 0. The van der Waals surface area contributed by atoms with Crippen molar-refractivity contribution in [3.05, 3.63) is 29.8 Å². The van der Waals surface area contributed by atoms with Crippen LogP contribution in [0.4, 0.5) is 10.5 Å². The summed E-state index contributed by atoms with van der Waals surface area (Å²) >= 11 is 0. The normalized spacial score (nSPS) is 23.2. The predicted octanol–water partition coefficient (Wildman–Crippen LogP) is 1.93. The van der Waals surface area contributed by atoms with Crippen LogP contribution >= 0.6 is 0 Å². The van der Waals surface area contributed by atoms with Crippen molar-refractivity contribution in [3.63, 3.8) is 0 Å². The van der Waals surface area contributed by atoms with Crippen molar-refractivity contribution in [1.82, 2.24) is 10.6 Å². The van der Waals surface area contributed by atoms with Gasteiger partial charge >= 0.3 is 6.09 Å². The number of nitrogens with one attached hydrogen (secondary N) is 2. The molecule has 0 aromatic heterocycles. The average Bonchev–Trinajstić information content (AvgIpc) is 2.93. The van der Waals surface area contributed by atoms with E-state index in [1.807, 2.05) is 12.1 Å². The van der Waals surface area contributed by atoms with Gasteiger partial charge in [-0.1, -0.05) is 18.2 Å². The monoisotopic (exact) mass is 374 g/mol. The molecule has 1 unspecified atom stereocenters. The fourth-order valence-corrected chi connectivity index (χ4v) is 3.39. The first kappa shape index (κ1) is 19.4. The summed E-state index contributed by atoms with van der Waals surface area (Å²) in [5.74, 6) is -0.194. The Hall–Kier alpha value is -2.41. The Morgan fingerprint density at radius 3 is 2.85 bits per heavy atom. The molecule has 0 aliphatic carbocycles. The maximum absolute atomic E-state index is 12.7. The van der Waals surface area contributed by atoms with Crippen molar-refractivity contribution in [3.8, 4) is 0 Å². The van der Waals surface area contributed by atoms with Gasteiger partial charge in [0.2, 0.25) is 11.6 Å². The maximum Gasteiger partial charge on any atom is 0.408 e. The van der Waals surface area contributed by atoms with E-state index in [0.29, 0.717) is 26.2 Å². The zero-order chi connectivity index (χ0) is 19.4. The van der Waals surface area contributed by atoms with Gasteiger partial charge in [0.15, 0.2) is 12.8 Å². The van der Waals surface area contributed by atoms with E-state index in [1.54, 1.807) is 20.8 Å². The van der Waals surface area contributed by atoms with Gasteiger partial charge in [0.25, 0.3) is 0 Å². The molecule has 0 radical (unpaired) electrons. The molecular weight excluding hydrogens is 346 g/mol. The second-order valence-electron chi connectivity index (χ2n) is 7.85. The zero-order valence-corrected chi connectivity index (χ0v) is 16.2. The maximum atomic E-state index is 12.7. The molecule has 2 aliphatic heterocycles. The molecule has 7 heteroatoms. The van der Waals surface area contributed by atoms with Crippen LogP contribution in [0, 0.1) is 0 Å². The summed E-state index contributed by atoms with van der Waals surface area (Å²) in [4.78, 5) is 24.9. The molecule has 7 nitrogen and oxygen atoms in total. The molecule has 0 saturated heterocycles. The van der Waals surface area contributed by atoms with E-state index in [4.69, 9.17) is 9.47 Å². The third-order valence-corrected chi connectivity index (χ3v) is 4.52. The highest BCUT2D eigenvalue weighted by Gasteiger charge is 2.35. The lowest BCUT2D eigenvalue weighted by Crippen LogP contribution is -2.49. The summed E-state index contributed by atoms with van der Waals surface area (Å²) < 4.78 is 13.1. The van der Waals surface area contributed by atoms with Gasteiger partial charge in [0.1, 0.15) is 18.2 Å². The number of hydrogen-bond acceptors (Lipinski definition) is 4. The Balaban J connectivity index is 1.82. The quantitative estimate of drug-likeness (QED) is 0.736. The molecule has 27 heavy (non-hydrogen) atoms. The van der Waals surface area contributed by atoms with Gasteiger partial charge in [-0.25, -0.2) is 4.79 Å². The molecule has 0 spiro atoms. The molecule has 3 rings (SSSR count). The largest absolute Gasteiger partial charge is 0.444 e. The number of benzene rings is 1. The van der Waals surface area contributed by atoms with Gasteiger partial charge in [-0.2, -0.15) is 4.58 Å². The van der Waals surface area contributed by atoms with Crippen molar-refractivity contribution in [2.45, 2.75) is 44.8 Å². The van der Waals surface area contributed by atoms with Crippen LogP contribution in [0.2, 0.25) is 0 Å². The minimum absolute atomic E-state index is 0.0336. The Morgan fingerprint density at radius 2 is 2.07 bits per heavy atom. The van der Waals surface area contributed by atoms with E-state index < -0.39 is 17.7 Å². The summed E-state index contributed by atoms with van der Waals surface area (Å²) in [5, 5.41) is 5.58. The highest BCUT2D eigenvalue weighted by Crippen LogP contribution is 2.34. The Morgan fingerprint density at radius 1 is 1.30 bits per heavy atom. The fraction of sp³-hybridized carbons (Fsp3) is 0.550. The summed E-state index contributed by atoms with van der Waals surface area (Å²) in [6.07, 6.45) is 2.00. The van der Waals surface area contributed by atoms with Crippen LogP contribution in [-0.2, 0) is 14.3 Å². The van der Waals surface area contributed by atoms with Gasteiger partial charge in [-0.15, -0.1) is 0 Å². The van der Waals surface area contributed by atoms with Crippen molar-refractivity contribution in [2.24, 2.45) is 0 Å². The number of fused-ring (bicyclic) bond motifs is 4. The molecule has 2 aliphatic rings. The van der Waals surface area contributed by atoms with Gasteiger partial charge in [-0.3, -0.25) is 4.79 Å². The number of carbonyl (C=O) groups excluding carboxylic acids is 2. The molecule has 2 atom stereocenters. The van der Waals surface area contributed by atoms with Crippen molar-refractivity contribution in [2.75, 3.05) is 26.3 Å². The van der Waals surface area contributed by atoms with Gasteiger partial charge in [0, 0.05) is 18.2 Å². The summed E-state index contributed by atoms with van der Waals surface area (Å²) in [5.41, 5.74) is 1.66. The molecule has 2 bridgehead atoms. The predicted molar refractivity (Wildman–Crippen MR) is 102 cm³/mol. The lowest BCUT2D eigenvalue weighted by atomic mass is 9.93. The van der Waals surface area contributed by atoms with Gasteiger partial charge in [-0.05, 0) is 27.2 Å². The number of nitrogens with zero attached hydrogens (tertiary/aromatic N) is 1. The second kappa shape index (κ2) is 8.08. The summed E-state index contributed by atoms with van der Waals surface area (Å²) in [6.45, 7) is 7.58. The Kier molecular flexibility index (Phi) is 5.79. The molecule has 0 saturated carbocycles. The molecule has 1 aromatic carbocycles. The highest BCUT2D eigenvalue weighted by molar-refractivity contribution is 5.86. The minimum atomic E-state index is -0.687. The van der Waals surface area contributed by atoms with E-state index in [1.165, 1.54) is 0 Å². The van der Waals surface area contributed by atoms with Crippen molar-refractivity contribution in [1.29, 1.82) is 0 Å². The SMILES string of the molecule is CC(C)(C)OC(=O)N[C@H]1CC2C=[N+](CCOCCNC1=O)c1ccccc12.